The number of hydrogen-bond acceptors (Lipinski definition) is 5. The van der Waals surface area contributed by atoms with Gasteiger partial charge in [-0.3, -0.25) is 19.7 Å². The average Bonchev–Trinajstić information content (AvgIpc) is 2.71. The molecule has 152 valence electrons. The lowest BCUT2D eigenvalue weighted by Gasteiger charge is -2.06. The Morgan fingerprint density at radius 3 is 2.55 bits per heavy atom. The molecule has 0 spiro atoms. The maximum atomic E-state index is 12.0. The number of amides is 2. The van der Waals surface area contributed by atoms with E-state index in [0.29, 0.717) is 29.1 Å². The van der Waals surface area contributed by atoms with E-state index < -0.39 is 4.92 Å². The molecule has 0 atom stereocenters. The zero-order chi connectivity index (χ0) is 21.1. The summed E-state index contributed by atoms with van der Waals surface area (Å²) in [6, 6.07) is 13.0. The van der Waals surface area contributed by atoms with Crippen molar-refractivity contribution in [3.63, 3.8) is 0 Å². The van der Waals surface area contributed by atoms with Crippen molar-refractivity contribution in [3.8, 4) is 0 Å². The second-order valence-electron chi connectivity index (χ2n) is 6.16. The van der Waals surface area contributed by atoms with E-state index in [4.69, 9.17) is 11.6 Å². The fourth-order valence-electron chi connectivity index (χ4n) is 2.52. The molecule has 0 bridgehead atoms. The number of nitro groups is 1. The zero-order valence-electron chi connectivity index (χ0n) is 15.6. The largest absolute Gasteiger partial charge is 0.352 e. The molecule has 0 aliphatic heterocycles. The summed E-state index contributed by atoms with van der Waals surface area (Å²) in [4.78, 5) is 34.2. The fraction of sp³-hybridized carbons (Fsp3) is 0.250. The van der Waals surface area contributed by atoms with Crippen molar-refractivity contribution in [2.45, 2.75) is 25.7 Å². The molecule has 0 aliphatic rings. The van der Waals surface area contributed by atoms with Crippen LogP contribution in [-0.2, 0) is 4.79 Å². The summed E-state index contributed by atoms with van der Waals surface area (Å²) in [6.07, 6.45) is 3.63. The van der Waals surface area contributed by atoms with Crippen molar-refractivity contribution >= 4 is 35.3 Å². The molecule has 0 radical (unpaired) electrons. The molecule has 2 N–H and O–H groups in total. The second-order valence-corrected chi connectivity index (χ2v) is 6.56. The van der Waals surface area contributed by atoms with Crippen LogP contribution in [0.5, 0.6) is 0 Å². The summed E-state index contributed by atoms with van der Waals surface area (Å²) in [7, 11) is 0. The van der Waals surface area contributed by atoms with Crippen molar-refractivity contribution in [2.75, 3.05) is 6.54 Å². The quantitative estimate of drug-likeness (QED) is 0.266. The van der Waals surface area contributed by atoms with E-state index in [-0.39, 0.29) is 23.9 Å². The Balaban J connectivity index is 1.62. The summed E-state index contributed by atoms with van der Waals surface area (Å²) in [5.41, 5.74) is 3.03. The standard InChI is InChI=1S/C20H21ClN4O4/c21-17-10-5-4-9-16(17)20(27)22-13-7-1-2-12-19(26)24-23-14-15-8-3-6-11-18(15)25(28)29/h3-6,8-11,14H,1-2,7,12-13H2,(H,22,27)(H,24,26)/b23-14+. The van der Waals surface area contributed by atoms with Crippen LogP contribution in [0.3, 0.4) is 0 Å². The van der Waals surface area contributed by atoms with Gasteiger partial charge >= 0.3 is 0 Å². The zero-order valence-corrected chi connectivity index (χ0v) is 16.4. The van der Waals surface area contributed by atoms with Crippen LogP contribution in [0.25, 0.3) is 0 Å². The van der Waals surface area contributed by atoms with E-state index in [9.17, 15) is 19.7 Å². The maximum absolute atomic E-state index is 12.0. The first kappa shape index (κ1) is 22.0. The molecule has 2 aromatic carbocycles. The highest BCUT2D eigenvalue weighted by Gasteiger charge is 2.10. The van der Waals surface area contributed by atoms with Gasteiger partial charge in [-0.25, -0.2) is 5.43 Å². The molecule has 2 rings (SSSR count). The Labute approximate surface area is 173 Å². The number of carbonyl (C=O) groups is 2. The van der Waals surface area contributed by atoms with E-state index in [0.717, 1.165) is 12.8 Å². The van der Waals surface area contributed by atoms with Gasteiger partial charge in [0.25, 0.3) is 11.6 Å². The Morgan fingerprint density at radius 2 is 1.79 bits per heavy atom. The average molecular weight is 417 g/mol. The minimum absolute atomic E-state index is 0.0793. The summed E-state index contributed by atoms with van der Waals surface area (Å²) >= 11 is 5.97. The highest BCUT2D eigenvalue weighted by atomic mass is 35.5. The predicted molar refractivity (Wildman–Crippen MR) is 111 cm³/mol. The van der Waals surface area contributed by atoms with Crippen LogP contribution in [0.1, 0.15) is 41.6 Å². The van der Waals surface area contributed by atoms with Crippen molar-refractivity contribution in [1.82, 2.24) is 10.7 Å². The molecule has 29 heavy (non-hydrogen) atoms. The molecule has 0 saturated carbocycles. The van der Waals surface area contributed by atoms with E-state index in [1.165, 1.54) is 12.3 Å². The molecule has 0 heterocycles. The lowest BCUT2D eigenvalue weighted by Crippen LogP contribution is -2.24. The summed E-state index contributed by atoms with van der Waals surface area (Å²) in [5, 5.41) is 17.9. The number of nitro benzene ring substituents is 1. The second kappa shape index (κ2) is 11.6. The van der Waals surface area contributed by atoms with Crippen LogP contribution >= 0.6 is 11.6 Å². The van der Waals surface area contributed by atoms with Gasteiger partial charge in [0, 0.05) is 19.0 Å². The van der Waals surface area contributed by atoms with Crippen molar-refractivity contribution < 1.29 is 14.5 Å². The van der Waals surface area contributed by atoms with Gasteiger partial charge in [-0.2, -0.15) is 5.10 Å². The van der Waals surface area contributed by atoms with E-state index in [1.807, 2.05) is 0 Å². The van der Waals surface area contributed by atoms with Gasteiger partial charge in [-0.15, -0.1) is 0 Å². The Bertz CT molecular complexity index is 902. The molecule has 8 nitrogen and oxygen atoms in total. The minimum Gasteiger partial charge on any atom is -0.352 e. The number of halogens is 1. The highest BCUT2D eigenvalue weighted by molar-refractivity contribution is 6.33. The van der Waals surface area contributed by atoms with Crippen LogP contribution in [-0.4, -0.2) is 29.5 Å². The van der Waals surface area contributed by atoms with Crippen LogP contribution < -0.4 is 10.7 Å². The van der Waals surface area contributed by atoms with Crippen molar-refractivity contribution in [3.05, 3.63) is 74.8 Å². The molecule has 0 aromatic heterocycles. The van der Waals surface area contributed by atoms with Gasteiger partial charge in [0.05, 0.1) is 27.3 Å². The van der Waals surface area contributed by atoms with Gasteiger partial charge in [-0.1, -0.05) is 42.3 Å². The summed E-state index contributed by atoms with van der Waals surface area (Å²) < 4.78 is 0. The monoisotopic (exact) mass is 416 g/mol. The molecule has 0 fully saturated rings. The molecule has 0 unspecified atom stereocenters. The lowest BCUT2D eigenvalue weighted by atomic mass is 10.1. The smallest absolute Gasteiger partial charge is 0.278 e. The highest BCUT2D eigenvalue weighted by Crippen LogP contribution is 2.15. The first-order chi connectivity index (χ1) is 14.0. The van der Waals surface area contributed by atoms with Crippen LogP contribution in [0.2, 0.25) is 5.02 Å². The van der Waals surface area contributed by atoms with Crippen molar-refractivity contribution in [2.24, 2.45) is 5.10 Å². The number of benzene rings is 2. The van der Waals surface area contributed by atoms with Crippen LogP contribution in [0.4, 0.5) is 5.69 Å². The number of para-hydroxylation sites is 1. The third kappa shape index (κ3) is 7.34. The molecular formula is C20H21ClN4O4. The number of nitrogens with zero attached hydrogens (tertiary/aromatic N) is 2. The lowest BCUT2D eigenvalue weighted by molar-refractivity contribution is -0.385. The molecule has 2 amide bonds. The molecule has 9 heteroatoms. The fourth-order valence-corrected chi connectivity index (χ4v) is 2.74. The van der Waals surface area contributed by atoms with Gasteiger partial charge < -0.3 is 5.32 Å². The minimum atomic E-state index is -0.506. The topological polar surface area (TPSA) is 114 Å². The van der Waals surface area contributed by atoms with Gasteiger partial charge in [-0.05, 0) is 31.0 Å². The first-order valence-corrected chi connectivity index (χ1v) is 9.45. The number of hydrogen-bond donors (Lipinski definition) is 2. The van der Waals surface area contributed by atoms with Crippen molar-refractivity contribution in [1.29, 1.82) is 0 Å². The van der Waals surface area contributed by atoms with Gasteiger partial charge in [0.2, 0.25) is 5.91 Å². The number of unbranched alkanes of at least 4 members (excludes halogenated alkanes) is 2. The van der Waals surface area contributed by atoms with Crippen LogP contribution in [0, 0.1) is 10.1 Å². The third-order valence-electron chi connectivity index (χ3n) is 4.01. The molecule has 0 aliphatic carbocycles. The number of rotatable bonds is 10. The molecular weight excluding hydrogens is 396 g/mol. The Hall–Kier alpha value is -3.26. The SMILES string of the molecule is O=C(CCCCCNC(=O)c1ccccc1Cl)N/N=C/c1ccccc1[N+](=O)[O-]. The van der Waals surface area contributed by atoms with Gasteiger partial charge in [0.15, 0.2) is 0 Å². The normalized spacial score (nSPS) is 10.7. The van der Waals surface area contributed by atoms with E-state index in [1.54, 1.807) is 42.5 Å². The Morgan fingerprint density at radius 1 is 1.07 bits per heavy atom. The Kier molecular flexibility index (Phi) is 8.78. The van der Waals surface area contributed by atoms with E-state index in [2.05, 4.69) is 15.8 Å². The maximum Gasteiger partial charge on any atom is 0.278 e. The summed E-state index contributed by atoms with van der Waals surface area (Å²) in [6.45, 7) is 0.488. The summed E-state index contributed by atoms with van der Waals surface area (Å²) in [5.74, 6) is -0.502. The van der Waals surface area contributed by atoms with E-state index >= 15 is 0 Å². The van der Waals surface area contributed by atoms with Crippen LogP contribution in [0.15, 0.2) is 53.6 Å². The molecule has 2 aromatic rings. The predicted octanol–water partition coefficient (Wildman–Crippen LogP) is 3.69. The van der Waals surface area contributed by atoms with Gasteiger partial charge in [0.1, 0.15) is 0 Å². The first-order valence-electron chi connectivity index (χ1n) is 9.07. The number of hydrazone groups is 1. The molecule has 0 saturated heterocycles. The third-order valence-corrected chi connectivity index (χ3v) is 4.34. The number of carbonyl (C=O) groups excluding carboxylic acids is 2. The number of nitrogens with one attached hydrogen (secondary N) is 2.